The summed E-state index contributed by atoms with van der Waals surface area (Å²) in [4.78, 5) is 22.3. The van der Waals surface area contributed by atoms with E-state index in [1.807, 2.05) is 43.3 Å². The number of carbonyl (C=O) groups is 1. The van der Waals surface area contributed by atoms with Crippen molar-refractivity contribution in [2.45, 2.75) is 23.6 Å². The molecule has 3 aromatic carbocycles. The summed E-state index contributed by atoms with van der Waals surface area (Å²) < 4.78 is 0. The van der Waals surface area contributed by atoms with E-state index in [0.29, 0.717) is 11.4 Å². The molecule has 1 aliphatic rings. The zero-order valence-corrected chi connectivity index (χ0v) is 18.5. The third-order valence-electron chi connectivity index (χ3n) is 4.62. The summed E-state index contributed by atoms with van der Waals surface area (Å²) in [6.45, 7) is 4.66. The molecule has 30 heavy (non-hydrogen) atoms. The Morgan fingerprint density at radius 1 is 0.933 bits per heavy atom. The summed E-state index contributed by atoms with van der Waals surface area (Å²) in [6.07, 6.45) is 1.95. The van der Waals surface area contributed by atoms with Crippen LogP contribution >= 0.6 is 23.5 Å². The molecule has 1 heterocycles. The first-order valence-electron chi connectivity index (χ1n) is 9.82. The molecule has 4 rings (SSSR count). The molecule has 0 spiro atoms. The number of amidine groups is 1. The zero-order chi connectivity index (χ0) is 20.9. The number of nitrogens with zero attached hydrogens (tertiary/aromatic N) is 2. The fourth-order valence-corrected chi connectivity index (χ4v) is 4.89. The molecular weight excluding hydrogens is 408 g/mol. The lowest BCUT2D eigenvalue weighted by Crippen LogP contribution is -2.28. The Morgan fingerprint density at radius 3 is 2.20 bits per heavy atom. The number of carbonyl (C=O) groups excluding carboxylic acids is 1. The molecule has 0 aliphatic carbocycles. The Morgan fingerprint density at radius 2 is 1.57 bits per heavy atom. The van der Waals surface area contributed by atoms with Crippen LogP contribution in [0.4, 0.5) is 5.69 Å². The first kappa shape index (κ1) is 20.5. The quantitative estimate of drug-likeness (QED) is 0.419. The van der Waals surface area contributed by atoms with Gasteiger partial charge < -0.3 is 0 Å². The number of hydrogen-bond acceptors (Lipinski definition) is 4. The van der Waals surface area contributed by atoms with Gasteiger partial charge in [0.1, 0.15) is 0 Å². The number of aliphatic imine (C=N–C) groups is 1. The van der Waals surface area contributed by atoms with E-state index in [4.69, 9.17) is 0 Å². The van der Waals surface area contributed by atoms with E-state index in [1.54, 1.807) is 16.7 Å². The molecule has 5 heteroatoms. The Labute approximate surface area is 185 Å². The number of aryl methyl sites for hydroxylation is 1. The molecule has 0 bridgehead atoms. The predicted molar refractivity (Wildman–Crippen MR) is 128 cm³/mol. The molecule has 1 saturated heterocycles. The number of amides is 1. The van der Waals surface area contributed by atoms with Crippen LogP contribution in [-0.4, -0.2) is 22.5 Å². The summed E-state index contributed by atoms with van der Waals surface area (Å²) >= 11 is 3.17. The van der Waals surface area contributed by atoms with E-state index < -0.39 is 0 Å². The minimum Gasteiger partial charge on any atom is -0.287 e. The molecule has 0 atom stereocenters. The molecule has 0 saturated carbocycles. The zero-order valence-electron chi connectivity index (χ0n) is 16.9. The van der Waals surface area contributed by atoms with Gasteiger partial charge in [-0.25, -0.2) is 4.99 Å². The normalized spacial score (nSPS) is 16.6. The maximum atomic E-state index is 12.8. The van der Waals surface area contributed by atoms with Gasteiger partial charge in [0, 0.05) is 16.3 Å². The fourth-order valence-electron chi connectivity index (χ4n) is 3.01. The van der Waals surface area contributed by atoms with Crippen LogP contribution in [0.15, 0.2) is 98.6 Å². The van der Waals surface area contributed by atoms with Gasteiger partial charge in [0.15, 0.2) is 5.17 Å². The van der Waals surface area contributed by atoms with Gasteiger partial charge in [-0.05, 0) is 73.6 Å². The number of likely N-dealkylation sites (N-methyl/N-ethyl adjacent to an activating group) is 1. The molecule has 1 fully saturated rings. The molecule has 0 N–H and O–H groups in total. The maximum absolute atomic E-state index is 12.8. The minimum absolute atomic E-state index is 0.00953. The summed E-state index contributed by atoms with van der Waals surface area (Å²) in [5, 5.41) is 0.728. The minimum atomic E-state index is 0.00953. The number of benzene rings is 3. The van der Waals surface area contributed by atoms with Crippen LogP contribution in [0.25, 0.3) is 6.08 Å². The van der Waals surface area contributed by atoms with Crippen molar-refractivity contribution in [1.29, 1.82) is 0 Å². The Balaban J connectivity index is 1.51. The van der Waals surface area contributed by atoms with Gasteiger partial charge in [-0.2, -0.15) is 0 Å². The first-order valence-corrected chi connectivity index (χ1v) is 11.5. The average Bonchev–Trinajstić information content (AvgIpc) is 3.05. The van der Waals surface area contributed by atoms with Crippen LogP contribution in [0, 0.1) is 6.92 Å². The fraction of sp³-hybridized carbons (Fsp3) is 0.120. The third-order valence-corrected chi connectivity index (χ3v) is 6.64. The molecule has 3 aromatic rings. The van der Waals surface area contributed by atoms with Gasteiger partial charge in [0.05, 0.1) is 10.6 Å². The summed E-state index contributed by atoms with van der Waals surface area (Å²) in [7, 11) is 0. The highest BCUT2D eigenvalue weighted by Gasteiger charge is 2.32. The van der Waals surface area contributed by atoms with Gasteiger partial charge in [0.25, 0.3) is 5.91 Å². The van der Waals surface area contributed by atoms with Crippen LogP contribution in [0.2, 0.25) is 0 Å². The van der Waals surface area contributed by atoms with Gasteiger partial charge in [0.2, 0.25) is 0 Å². The lowest BCUT2D eigenvalue weighted by atomic mass is 10.2. The number of para-hydroxylation sites is 1. The predicted octanol–water partition coefficient (Wildman–Crippen LogP) is 6.77. The summed E-state index contributed by atoms with van der Waals surface area (Å²) in [5.74, 6) is 0.00953. The van der Waals surface area contributed by atoms with Crippen molar-refractivity contribution in [2.75, 3.05) is 6.54 Å². The second kappa shape index (κ2) is 9.37. The van der Waals surface area contributed by atoms with Gasteiger partial charge in [-0.3, -0.25) is 9.69 Å². The lowest BCUT2D eigenvalue weighted by molar-refractivity contribution is -0.122. The van der Waals surface area contributed by atoms with Crippen molar-refractivity contribution in [3.63, 3.8) is 0 Å². The van der Waals surface area contributed by atoms with E-state index in [9.17, 15) is 4.79 Å². The molecule has 1 aliphatic heterocycles. The van der Waals surface area contributed by atoms with E-state index in [1.165, 1.54) is 27.1 Å². The van der Waals surface area contributed by atoms with Crippen LogP contribution < -0.4 is 0 Å². The van der Waals surface area contributed by atoms with Gasteiger partial charge in [-0.1, -0.05) is 59.8 Å². The highest BCUT2D eigenvalue weighted by molar-refractivity contribution is 8.18. The summed E-state index contributed by atoms with van der Waals surface area (Å²) in [5.41, 5.74) is 3.12. The molecule has 0 radical (unpaired) electrons. The topological polar surface area (TPSA) is 32.7 Å². The number of thioether (sulfide) groups is 1. The SMILES string of the molecule is CCN1C(=O)/C(=C/c2ccc(Sc3ccc(C)cc3)cc2)SC1=Nc1ccccc1. The first-order chi connectivity index (χ1) is 14.6. The van der Waals surface area contributed by atoms with Crippen molar-refractivity contribution < 1.29 is 4.79 Å². The lowest BCUT2D eigenvalue weighted by Gasteiger charge is -2.11. The monoisotopic (exact) mass is 430 g/mol. The van der Waals surface area contributed by atoms with E-state index >= 15 is 0 Å². The van der Waals surface area contributed by atoms with Crippen LogP contribution in [-0.2, 0) is 4.79 Å². The third kappa shape index (κ3) is 4.86. The average molecular weight is 431 g/mol. The molecule has 3 nitrogen and oxygen atoms in total. The van der Waals surface area contributed by atoms with Gasteiger partial charge in [-0.15, -0.1) is 0 Å². The second-order valence-electron chi connectivity index (χ2n) is 6.87. The molecule has 150 valence electrons. The van der Waals surface area contributed by atoms with Crippen molar-refractivity contribution in [2.24, 2.45) is 4.99 Å². The van der Waals surface area contributed by atoms with E-state index in [2.05, 4.69) is 60.4 Å². The Bertz CT molecular complexity index is 1090. The highest BCUT2D eigenvalue weighted by Crippen LogP contribution is 2.34. The van der Waals surface area contributed by atoms with Crippen molar-refractivity contribution >= 4 is 46.4 Å². The van der Waals surface area contributed by atoms with Crippen molar-refractivity contribution in [3.05, 3.63) is 94.9 Å². The largest absolute Gasteiger partial charge is 0.287 e. The maximum Gasteiger partial charge on any atom is 0.266 e. The molecule has 0 unspecified atom stereocenters. The van der Waals surface area contributed by atoms with E-state index in [0.717, 1.165) is 16.4 Å². The smallest absolute Gasteiger partial charge is 0.266 e. The molecule has 1 amide bonds. The van der Waals surface area contributed by atoms with Crippen LogP contribution in [0.1, 0.15) is 18.1 Å². The number of hydrogen-bond donors (Lipinski definition) is 0. The number of rotatable bonds is 5. The van der Waals surface area contributed by atoms with E-state index in [-0.39, 0.29) is 5.91 Å². The second-order valence-corrected chi connectivity index (χ2v) is 9.03. The Kier molecular flexibility index (Phi) is 6.41. The highest BCUT2D eigenvalue weighted by atomic mass is 32.2. The van der Waals surface area contributed by atoms with Gasteiger partial charge >= 0.3 is 0 Å². The van der Waals surface area contributed by atoms with Crippen molar-refractivity contribution in [3.8, 4) is 0 Å². The molecule has 0 aromatic heterocycles. The molecular formula is C25H22N2OS2. The Hall–Kier alpha value is -2.76. The van der Waals surface area contributed by atoms with Crippen LogP contribution in [0.3, 0.4) is 0 Å². The van der Waals surface area contributed by atoms with Crippen molar-refractivity contribution in [1.82, 2.24) is 4.90 Å². The summed E-state index contributed by atoms with van der Waals surface area (Å²) in [6, 6.07) is 26.6. The standard InChI is InChI=1S/C25H22N2OS2/c1-3-27-24(28)23(30-25(27)26-20-7-5-4-6-8-20)17-19-11-15-22(16-12-19)29-21-13-9-18(2)10-14-21/h4-17H,3H2,1-2H3/b23-17-,26-25?. The van der Waals surface area contributed by atoms with Crippen LogP contribution in [0.5, 0.6) is 0 Å².